The van der Waals surface area contributed by atoms with Crippen LogP contribution in [-0.4, -0.2) is 30.7 Å². The van der Waals surface area contributed by atoms with Gasteiger partial charge in [-0.2, -0.15) is 4.98 Å². The van der Waals surface area contributed by atoms with E-state index >= 15 is 0 Å². The summed E-state index contributed by atoms with van der Waals surface area (Å²) in [6.07, 6.45) is 1.56. The van der Waals surface area contributed by atoms with Crippen molar-refractivity contribution < 1.29 is 9.21 Å². The van der Waals surface area contributed by atoms with Gasteiger partial charge < -0.3 is 26.6 Å². The second kappa shape index (κ2) is 8.76. The number of benzene rings is 2. The van der Waals surface area contributed by atoms with Crippen LogP contribution < -0.4 is 27.8 Å². The van der Waals surface area contributed by atoms with E-state index in [0.717, 1.165) is 5.56 Å². The fourth-order valence-corrected chi connectivity index (χ4v) is 3.69. The lowest BCUT2D eigenvalue weighted by Gasteiger charge is -2.13. The Morgan fingerprint density at radius 1 is 1.09 bits per heavy atom. The number of nitrogens with zero attached hydrogens (tertiary/aromatic N) is 4. The second-order valence-electron chi connectivity index (χ2n) is 7.72. The molecule has 0 atom stereocenters. The highest BCUT2D eigenvalue weighted by Gasteiger charge is 2.16. The summed E-state index contributed by atoms with van der Waals surface area (Å²) in [6.45, 7) is 1.53. The number of carbonyl (C=O) groups excluding carboxylic acids is 1. The Morgan fingerprint density at radius 2 is 1.83 bits per heavy atom. The van der Waals surface area contributed by atoms with E-state index in [0.29, 0.717) is 33.8 Å². The molecule has 0 radical (unpaired) electrons. The first-order chi connectivity index (χ1) is 16.9. The van der Waals surface area contributed by atoms with Crippen molar-refractivity contribution in [2.75, 3.05) is 16.5 Å². The van der Waals surface area contributed by atoms with E-state index < -0.39 is 5.56 Å². The van der Waals surface area contributed by atoms with E-state index in [1.54, 1.807) is 24.4 Å². The Bertz CT molecular complexity index is 1600. The van der Waals surface area contributed by atoms with E-state index in [9.17, 15) is 9.59 Å². The van der Waals surface area contributed by atoms with E-state index in [4.69, 9.17) is 16.0 Å². The van der Waals surface area contributed by atoms with Crippen LogP contribution in [0.15, 0.2) is 63.9 Å². The number of anilines is 3. The van der Waals surface area contributed by atoms with Gasteiger partial charge in [-0.05, 0) is 30.3 Å². The minimum absolute atomic E-state index is 0.120. The molecule has 5 aromatic rings. The summed E-state index contributed by atoms with van der Waals surface area (Å²) in [5, 5.41) is 14.4. The van der Waals surface area contributed by atoms with Gasteiger partial charge in [-0.1, -0.05) is 18.2 Å². The number of H-pyrrole nitrogens is 1. The van der Waals surface area contributed by atoms with Crippen LogP contribution in [0.5, 0.6) is 0 Å². The number of nitrogens with one attached hydrogen (secondary N) is 3. The van der Waals surface area contributed by atoms with Gasteiger partial charge in [0.15, 0.2) is 5.65 Å². The van der Waals surface area contributed by atoms with Gasteiger partial charge in [0.25, 0.3) is 5.56 Å². The van der Waals surface area contributed by atoms with Gasteiger partial charge in [0.05, 0.1) is 16.8 Å². The number of aromatic amines is 1. The van der Waals surface area contributed by atoms with Crippen LogP contribution >= 0.6 is 0 Å². The lowest BCUT2D eigenvalue weighted by atomic mass is 10.1. The number of aromatic nitrogens is 5. The van der Waals surface area contributed by atoms with Crippen LogP contribution in [0.1, 0.15) is 12.5 Å². The number of hydrogen-bond donors (Lipinski definition) is 5. The van der Waals surface area contributed by atoms with Gasteiger partial charge in [0, 0.05) is 36.4 Å². The fourth-order valence-electron chi connectivity index (χ4n) is 3.69. The first-order valence-corrected chi connectivity index (χ1v) is 10.6. The molecule has 0 unspecified atom stereocenters. The summed E-state index contributed by atoms with van der Waals surface area (Å²) in [5.41, 5.74) is 8.43. The zero-order valence-corrected chi connectivity index (χ0v) is 18.6. The van der Waals surface area contributed by atoms with Gasteiger partial charge in [-0.25, -0.2) is 0 Å². The first kappa shape index (κ1) is 21.9. The van der Waals surface area contributed by atoms with Crippen LogP contribution in [0.3, 0.4) is 0 Å². The normalized spacial score (nSPS) is 11.0. The Kier molecular flexibility index (Phi) is 5.47. The van der Waals surface area contributed by atoms with Gasteiger partial charge in [-0.3, -0.25) is 19.2 Å². The second-order valence-corrected chi connectivity index (χ2v) is 7.72. The van der Waals surface area contributed by atoms with Crippen LogP contribution in [0.2, 0.25) is 0 Å². The first-order valence-electron chi connectivity index (χ1n) is 10.6. The zero-order chi connectivity index (χ0) is 24.5. The molecule has 0 saturated carbocycles. The van der Waals surface area contributed by atoms with Crippen LogP contribution in [0.4, 0.5) is 17.3 Å². The molecule has 0 saturated heterocycles. The number of rotatable bonds is 6. The molecule has 0 bridgehead atoms. The molecule has 5 rings (SSSR count). The smallest absolute Gasteiger partial charge is 0.262 e. The molecule has 7 N–H and O–H groups in total. The Hall–Kier alpha value is -4.97. The van der Waals surface area contributed by atoms with E-state index in [1.807, 2.05) is 30.3 Å². The van der Waals surface area contributed by atoms with Gasteiger partial charge in [-0.15, -0.1) is 10.2 Å². The van der Waals surface area contributed by atoms with Gasteiger partial charge in [0.1, 0.15) is 0 Å². The molecule has 2 aromatic carbocycles. The third-order valence-electron chi connectivity index (χ3n) is 5.26. The SMILES string of the molecule is CC(=O)Nc1ccc(-c2nnc(-c3ccccc3)o2)cc1Nc1nc2c(c(CN)cn2N)c(=O)[nH]1. The predicted molar refractivity (Wildman–Crippen MR) is 131 cm³/mol. The maximum Gasteiger partial charge on any atom is 0.262 e. The minimum Gasteiger partial charge on any atom is -0.416 e. The van der Waals surface area contributed by atoms with Crippen molar-refractivity contribution in [3.8, 4) is 22.9 Å². The van der Waals surface area contributed by atoms with Crippen molar-refractivity contribution >= 4 is 34.3 Å². The fraction of sp³-hybridized carbons (Fsp3) is 0.0870. The molecule has 0 aliphatic heterocycles. The Morgan fingerprint density at radius 3 is 2.54 bits per heavy atom. The predicted octanol–water partition coefficient (Wildman–Crippen LogP) is 2.32. The Balaban J connectivity index is 1.55. The summed E-state index contributed by atoms with van der Waals surface area (Å²) in [6, 6.07) is 14.5. The van der Waals surface area contributed by atoms with Crippen LogP contribution in [0.25, 0.3) is 33.9 Å². The van der Waals surface area contributed by atoms with Crippen molar-refractivity contribution in [3.63, 3.8) is 0 Å². The quantitative estimate of drug-likeness (QED) is 0.232. The van der Waals surface area contributed by atoms with Gasteiger partial charge >= 0.3 is 0 Å². The molecule has 3 aromatic heterocycles. The van der Waals surface area contributed by atoms with Crippen LogP contribution in [-0.2, 0) is 11.3 Å². The lowest BCUT2D eigenvalue weighted by molar-refractivity contribution is -0.114. The summed E-state index contributed by atoms with van der Waals surface area (Å²) >= 11 is 0. The van der Waals surface area contributed by atoms with E-state index in [-0.39, 0.29) is 29.9 Å². The highest BCUT2D eigenvalue weighted by Crippen LogP contribution is 2.31. The average molecular weight is 471 g/mol. The molecular formula is C23H21N9O3. The van der Waals surface area contributed by atoms with Crippen molar-refractivity contribution in [1.82, 2.24) is 24.8 Å². The molecule has 176 valence electrons. The van der Waals surface area contributed by atoms with E-state index in [2.05, 4.69) is 30.8 Å². The molecule has 0 aliphatic carbocycles. The molecular weight excluding hydrogens is 450 g/mol. The van der Waals surface area contributed by atoms with Crippen molar-refractivity contribution in [2.24, 2.45) is 5.73 Å². The molecule has 0 fully saturated rings. The number of nitrogen functional groups attached to an aromatic ring is 1. The monoisotopic (exact) mass is 471 g/mol. The molecule has 12 heteroatoms. The van der Waals surface area contributed by atoms with Crippen molar-refractivity contribution in [1.29, 1.82) is 0 Å². The molecule has 3 heterocycles. The molecule has 0 aliphatic rings. The average Bonchev–Trinajstić information content (AvgIpc) is 3.46. The molecule has 0 spiro atoms. The Labute approximate surface area is 198 Å². The van der Waals surface area contributed by atoms with Crippen molar-refractivity contribution in [3.05, 3.63) is 70.6 Å². The van der Waals surface area contributed by atoms with Crippen molar-refractivity contribution in [2.45, 2.75) is 13.5 Å². The maximum absolute atomic E-state index is 12.7. The lowest BCUT2D eigenvalue weighted by Crippen LogP contribution is -2.15. The standard InChI is InChI=1S/C23H21N9O3/c1-12(33)26-16-8-7-14(22-31-30-21(35-22)13-5-3-2-4-6-13)9-17(16)27-23-28-19-18(20(34)29-23)15(10-24)11-32(19)25/h2-9,11H,10,24-25H2,1H3,(H,26,33)(H2,27,28,29,34). The summed E-state index contributed by atoms with van der Waals surface area (Å²) < 4.78 is 7.09. The number of nitrogens with two attached hydrogens (primary N) is 2. The molecule has 1 amide bonds. The highest BCUT2D eigenvalue weighted by atomic mass is 16.4. The summed E-state index contributed by atoms with van der Waals surface area (Å²) in [7, 11) is 0. The minimum atomic E-state index is -0.399. The van der Waals surface area contributed by atoms with E-state index in [1.165, 1.54) is 11.6 Å². The third kappa shape index (κ3) is 4.20. The molecule has 12 nitrogen and oxygen atoms in total. The highest BCUT2D eigenvalue weighted by molar-refractivity contribution is 5.94. The maximum atomic E-state index is 12.7. The largest absolute Gasteiger partial charge is 0.416 e. The summed E-state index contributed by atoms with van der Waals surface area (Å²) in [4.78, 5) is 31.6. The number of fused-ring (bicyclic) bond motifs is 1. The zero-order valence-electron chi connectivity index (χ0n) is 18.6. The number of hydrogen-bond acceptors (Lipinski definition) is 9. The van der Waals surface area contributed by atoms with Crippen LogP contribution in [0, 0.1) is 0 Å². The number of carbonyl (C=O) groups is 1. The topological polar surface area (TPSA) is 183 Å². The molecule has 35 heavy (non-hydrogen) atoms. The van der Waals surface area contributed by atoms with Gasteiger partial charge in [0.2, 0.25) is 23.6 Å². The number of amides is 1. The summed E-state index contributed by atoms with van der Waals surface area (Å²) in [5.74, 6) is 6.46. The third-order valence-corrected chi connectivity index (χ3v) is 5.26.